The molecule has 0 unspecified atom stereocenters. The van der Waals surface area contributed by atoms with Gasteiger partial charge >= 0.3 is 0 Å². The van der Waals surface area contributed by atoms with Crippen molar-refractivity contribution in [3.05, 3.63) is 104 Å². The van der Waals surface area contributed by atoms with Gasteiger partial charge in [-0.15, -0.1) is 11.8 Å². The molecule has 3 rings (SSSR count). The quantitative estimate of drug-likeness (QED) is 0.199. The Labute approximate surface area is 249 Å². The summed E-state index contributed by atoms with van der Waals surface area (Å²) in [5.74, 6) is 0.344. The van der Waals surface area contributed by atoms with Crippen molar-refractivity contribution in [2.75, 3.05) is 12.3 Å². The highest BCUT2D eigenvalue weighted by atomic mass is 35.5. The van der Waals surface area contributed by atoms with E-state index in [0.29, 0.717) is 44.4 Å². The maximum atomic E-state index is 13.7. The van der Waals surface area contributed by atoms with Crippen LogP contribution in [0.2, 0.25) is 20.1 Å². The van der Waals surface area contributed by atoms with Crippen molar-refractivity contribution in [3.8, 4) is 0 Å². The zero-order valence-electron chi connectivity index (χ0n) is 21.1. The Balaban J connectivity index is 1.87. The molecule has 3 aromatic carbocycles. The Bertz CT molecular complexity index is 1210. The summed E-state index contributed by atoms with van der Waals surface area (Å²) in [5, 5.41) is 4.86. The number of hydrogen-bond donors (Lipinski definition) is 1. The van der Waals surface area contributed by atoms with E-state index in [-0.39, 0.29) is 24.1 Å². The van der Waals surface area contributed by atoms with Gasteiger partial charge in [-0.05, 0) is 41.8 Å². The molecule has 3 aromatic rings. The van der Waals surface area contributed by atoms with Gasteiger partial charge in [-0.3, -0.25) is 9.59 Å². The highest BCUT2D eigenvalue weighted by molar-refractivity contribution is 7.99. The lowest BCUT2D eigenvalue weighted by atomic mass is 10.0. The second-order valence-corrected chi connectivity index (χ2v) is 11.4. The molecule has 0 heterocycles. The van der Waals surface area contributed by atoms with Gasteiger partial charge in [-0.25, -0.2) is 0 Å². The maximum absolute atomic E-state index is 13.7. The molecule has 0 aliphatic heterocycles. The van der Waals surface area contributed by atoms with Crippen molar-refractivity contribution in [1.82, 2.24) is 10.2 Å². The van der Waals surface area contributed by atoms with Gasteiger partial charge in [0.1, 0.15) is 6.04 Å². The lowest BCUT2D eigenvalue weighted by molar-refractivity contribution is -0.139. The minimum Gasteiger partial charge on any atom is -0.354 e. The zero-order chi connectivity index (χ0) is 27.5. The number of nitrogens with zero attached hydrogens (tertiary/aromatic N) is 1. The number of carbonyl (C=O) groups excluding carboxylic acids is 2. The third-order valence-electron chi connectivity index (χ3n) is 5.97. The lowest BCUT2D eigenvalue weighted by Gasteiger charge is -2.32. The monoisotopic (exact) mass is 610 g/mol. The Morgan fingerprint density at radius 2 is 1.58 bits per heavy atom. The SMILES string of the molecule is CCCCNC(=O)[C@H](Cc1ccccc1)N(Cc1c(Cl)cccc1Cl)C(=O)CSCc1ccc(Cl)c(Cl)c1. The van der Waals surface area contributed by atoms with E-state index >= 15 is 0 Å². The lowest BCUT2D eigenvalue weighted by Crippen LogP contribution is -2.51. The predicted octanol–water partition coefficient (Wildman–Crippen LogP) is 8.09. The molecule has 0 aliphatic carbocycles. The number of hydrogen-bond acceptors (Lipinski definition) is 3. The number of unbranched alkanes of at least 4 members (excludes halogenated alkanes) is 1. The Hall–Kier alpha value is -1.89. The van der Waals surface area contributed by atoms with Crippen LogP contribution in [0.1, 0.15) is 36.5 Å². The van der Waals surface area contributed by atoms with Crippen LogP contribution in [0, 0.1) is 0 Å². The van der Waals surface area contributed by atoms with E-state index in [2.05, 4.69) is 12.2 Å². The molecule has 0 aromatic heterocycles. The summed E-state index contributed by atoms with van der Waals surface area (Å²) in [4.78, 5) is 28.8. The van der Waals surface area contributed by atoms with Gasteiger partial charge in [0.25, 0.3) is 0 Å². The fourth-order valence-electron chi connectivity index (χ4n) is 3.88. The van der Waals surface area contributed by atoms with E-state index in [9.17, 15) is 9.59 Å². The first-order chi connectivity index (χ1) is 18.3. The third-order valence-corrected chi connectivity index (χ3v) is 8.40. The minimum absolute atomic E-state index is 0.114. The number of carbonyl (C=O) groups is 2. The van der Waals surface area contributed by atoms with Crippen LogP contribution in [0.15, 0.2) is 66.7 Å². The first kappa shape index (κ1) is 30.6. The number of benzene rings is 3. The molecule has 0 radical (unpaired) electrons. The minimum atomic E-state index is -0.736. The smallest absolute Gasteiger partial charge is 0.243 e. The number of rotatable bonds is 13. The van der Waals surface area contributed by atoms with Crippen LogP contribution in [0.25, 0.3) is 0 Å². The van der Waals surface area contributed by atoms with E-state index in [0.717, 1.165) is 24.0 Å². The van der Waals surface area contributed by atoms with Crippen LogP contribution in [-0.2, 0) is 28.3 Å². The molecule has 0 bridgehead atoms. The largest absolute Gasteiger partial charge is 0.354 e. The fraction of sp³-hybridized carbons (Fsp3) is 0.310. The van der Waals surface area contributed by atoms with Crippen LogP contribution in [-0.4, -0.2) is 35.1 Å². The predicted molar refractivity (Wildman–Crippen MR) is 161 cm³/mol. The van der Waals surface area contributed by atoms with Crippen molar-refractivity contribution >= 4 is 70.0 Å². The number of amides is 2. The topological polar surface area (TPSA) is 49.4 Å². The van der Waals surface area contributed by atoms with Crippen molar-refractivity contribution in [1.29, 1.82) is 0 Å². The van der Waals surface area contributed by atoms with Crippen molar-refractivity contribution in [2.45, 2.75) is 44.5 Å². The van der Waals surface area contributed by atoms with Crippen LogP contribution in [0.3, 0.4) is 0 Å². The first-order valence-corrected chi connectivity index (χ1v) is 15.0. The molecule has 9 heteroatoms. The molecule has 2 amide bonds. The average Bonchev–Trinajstić information content (AvgIpc) is 2.90. The average molecular weight is 612 g/mol. The summed E-state index contributed by atoms with van der Waals surface area (Å²) < 4.78 is 0. The highest BCUT2D eigenvalue weighted by Gasteiger charge is 2.31. The normalized spacial score (nSPS) is 11.7. The molecule has 202 valence electrons. The van der Waals surface area contributed by atoms with E-state index in [1.807, 2.05) is 36.4 Å². The van der Waals surface area contributed by atoms with Gasteiger partial charge in [0.15, 0.2) is 0 Å². The standard InChI is InChI=1S/C29H30Cl4N2O2S/c1-2-3-14-34-29(37)27(16-20-8-5-4-6-9-20)35(17-22-23(30)10-7-11-24(22)31)28(36)19-38-18-21-12-13-25(32)26(33)15-21/h4-13,15,27H,2-3,14,16-19H2,1H3,(H,34,37)/t27-/m0/s1. The summed E-state index contributed by atoms with van der Waals surface area (Å²) in [6.07, 6.45) is 2.17. The summed E-state index contributed by atoms with van der Waals surface area (Å²) >= 11 is 26.6. The van der Waals surface area contributed by atoms with Crippen LogP contribution >= 0.6 is 58.2 Å². The molecule has 0 fully saturated rings. The molecule has 0 saturated carbocycles. The van der Waals surface area contributed by atoms with Gasteiger partial charge in [-0.2, -0.15) is 0 Å². The highest BCUT2D eigenvalue weighted by Crippen LogP contribution is 2.28. The Kier molecular flexibility index (Phi) is 12.6. The molecular weight excluding hydrogens is 582 g/mol. The summed E-state index contributed by atoms with van der Waals surface area (Å²) in [7, 11) is 0. The van der Waals surface area contributed by atoms with Crippen LogP contribution < -0.4 is 5.32 Å². The van der Waals surface area contributed by atoms with E-state index in [1.54, 1.807) is 35.2 Å². The molecule has 0 aliphatic rings. The molecule has 0 saturated heterocycles. The van der Waals surface area contributed by atoms with Crippen molar-refractivity contribution in [2.24, 2.45) is 0 Å². The summed E-state index contributed by atoms with van der Waals surface area (Å²) in [5.41, 5.74) is 2.52. The molecular formula is C29H30Cl4N2O2S. The van der Waals surface area contributed by atoms with Crippen molar-refractivity contribution < 1.29 is 9.59 Å². The van der Waals surface area contributed by atoms with Crippen LogP contribution in [0.4, 0.5) is 0 Å². The summed E-state index contributed by atoms with van der Waals surface area (Å²) in [6.45, 7) is 2.72. The number of thioether (sulfide) groups is 1. The van der Waals surface area contributed by atoms with E-state index < -0.39 is 6.04 Å². The zero-order valence-corrected chi connectivity index (χ0v) is 24.9. The second kappa shape index (κ2) is 15.6. The number of halogens is 4. The molecule has 4 nitrogen and oxygen atoms in total. The molecule has 0 spiro atoms. The van der Waals surface area contributed by atoms with Gasteiger partial charge < -0.3 is 10.2 Å². The van der Waals surface area contributed by atoms with Gasteiger partial charge in [0, 0.05) is 40.9 Å². The molecule has 38 heavy (non-hydrogen) atoms. The summed E-state index contributed by atoms with van der Waals surface area (Å²) in [6, 6.07) is 19.6. The second-order valence-electron chi connectivity index (χ2n) is 8.81. The Morgan fingerprint density at radius 3 is 2.24 bits per heavy atom. The van der Waals surface area contributed by atoms with E-state index in [4.69, 9.17) is 46.4 Å². The Morgan fingerprint density at radius 1 is 0.868 bits per heavy atom. The van der Waals surface area contributed by atoms with E-state index in [1.165, 1.54) is 11.8 Å². The fourth-order valence-corrected chi connectivity index (χ4v) is 5.58. The molecule has 1 atom stereocenters. The van der Waals surface area contributed by atoms with Gasteiger partial charge in [-0.1, -0.05) is 102 Å². The number of nitrogens with one attached hydrogen (secondary N) is 1. The first-order valence-electron chi connectivity index (χ1n) is 12.4. The molecule has 1 N–H and O–H groups in total. The maximum Gasteiger partial charge on any atom is 0.243 e. The third kappa shape index (κ3) is 9.10. The van der Waals surface area contributed by atoms with Crippen LogP contribution in [0.5, 0.6) is 0 Å². The van der Waals surface area contributed by atoms with Gasteiger partial charge in [0.2, 0.25) is 11.8 Å². The van der Waals surface area contributed by atoms with Crippen molar-refractivity contribution in [3.63, 3.8) is 0 Å². The van der Waals surface area contributed by atoms with Gasteiger partial charge in [0.05, 0.1) is 15.8 Å².